The summed E-state index contributed by atoms with van der Waals surface area (Å²) < 4.78 is 0. The summed E-state index contributed by atoms with van der Waals surface area (Å²) in [5.74, 6) is -0.394. The fourth-order valence-corrected chi connectivity index (χ4v) is 2.11. The van der Waals surface area contributed by atoms with Gasteiger partial charge in [-0.05, 0) is 29.8 Å². The molecule has 0 fully saturated rings. The highest BCUT2D eigenvalue weighted by Gasteiger charge is 2.09. The van der Waals surface area contributed by atoms with Crippen LogP contribution in [0.2, 0.25) is 0 Å². The summed E-state index contributed by atoms with van der Waals surface area (Å²) in [6.45, 7) is 1.87. The number of rotatable bonds is 6. The molecule has 5 nitrogen and oxygen atoms in total. The number of carbonyl (C=O) groups excluding carboxylic acids is 2. The summed E-state index contributed by atoms with van der Waals surface area (Å²) in [7, 11) is 0. The van der Waals surface area contributed by atoms with Gasteiger partial charge in [0.1, 0.15) is 0 Å². The Bertz CT molecular complexity index is 670. The molecule has 2 amide bonds. The van der Waals surface area contributed by atoms with Gasteiger partial charge in [-0.1, -0.05) is 30.3 Å². The third-order valence-corrected chi connectivity index (χ3v) is 3.33. The van der Waals surface area contributed by atoms with Crippen LogP contribution in [0.4, 0.5) is 0 Å². The zero-order valence-corrected chi connectivity index (χ0v) is 12.5. The van der Waals surface area contributed by atoms with E-state index in [1.165, 1.54) is 0 Å². The molecule has 116 valence electrons. The number of amides is 2. The maximum atomic E-state index is 12.1. The number of hydrogen-bond acceptors (Lipinski definition) is 3. The Morgan fingerprint density at radius 1 is 1.14 bits per heavy atom. The van der Waals surface area contributed by atoms with Gasteiger partial charge in [0.15, 0.2) is 0 Å². The van der Waals surface area contributed by atoms with Crippen LogP contribution in [0.15, 0.2) is 42.5 Å². The fraction of sp³-hybridized carbons (Fsp3) is 0.294. The van der Waals surface area contributed by atoms with Gasteiger partial charge < -0.3 is 15.7 Å². The Labute approximate surface area is 129 Å². The lowest BCUT2D eigenvalue weighted by atomic mass is 10.1. The number of aliphatic hydroxyl groups excluding tert-OH is 1. The van der Waals surface area contributed by atoms with Crippen LogP contribution in [0.25, 0.3) is 10.8 Å². The first-order valence-corrected chi connectivity index (χ1v) is 7.27. The van der Waals surface area contributed by atoms with Crippen molar-refractivity contribution in [2.75, 3.05) is 13.2 Å². The molecule has 0 spiro atoms. The SMILES string of the molecule is CC(CO)NC(=O)CCNC(=O)c1ccc2ccccc2c1. The molecule has 0 aliphatic rings. The van der Waals surface area contributed by atoms with Crippen LogP contribution >= 0.6 is 0 Å². The van der Waals surface area contributed by atoms with E-state index in [0.717, 1.165) is 10.8 Å². The van der Waals surface area contributed by atoms with E-state index in [-0.39, 0.29) is 37.4 Å². The van der Waals surface area contributed by atoms with Crippen LogP contribution in [0.5, 0.6) is 0 Å². The van der Waals surface area contributed by atoms with Crippen LogP contribution in [-0.4, -0.2) is 36.1 Å². The Morgan fingerprint density at radius 2 is 1.86 bits per heavy atom. The summed E-state index contributed by atoms with van der Waals surface area (Å²) in [6.07, 6.45) is 0.184. The zero-order valence-electron chi connectivity index (χ0n) is 12.5. The molecule has 2 aromatic rings. The molecule has 0 saturated heterocycles. The van der Waals surface area contributed by atoms with Crippen LogP contribution in [0, 0.1) is 0 Å². The largest absolute Gasteiger partial charge is 0.394 e. The maximum absolute atomic E-state index is 12.1. The predicted molar refractivity (Wildman–Crippen MR) is 85.6 cm³/mol. The average Bonchev–Trinajstić information content (AvgIpc) is 2.54. The molecule has 0 radical (unpaired) electrons. The van der Waals surface area contributed by atoms with Crippen molar-refractivity contribution >= 4 is 22.6 Å². The normalized spacial score (nSPS) is 11.9. The molecule has 1 unspecified atom stereocenters. The van der Waals surface area contributed by atoms with Crippen LogP contribution in [-0.2, 0) is 4.79 Å². The van der Waals surface area contributed by atoms with Crippen molar-refractivity contribution in [2.24, 2.45) is 0 Å². The Hall–Kier alpha value is -2.40. The molecule has 0 aliphatic carbocycles. The van der Waals surface area contributed by atoms with Crippen LogP contribution in [0.3, 0.4) is 0 Å². The monoisotopic (exact) mass is 300 g/mol. The molecule has 22 heavy (non-hydrogen) atoms. The van der Waals surface area contributed by atoms with Gasteiger partial charge in [-0.25, -0.2) is 0 Å². The van der Waals surface area contributed by atoms with E-state index in [1.54, 1.807) is 13.0 Å². The number of nitrogens with one attached hydrogen (secondary N) is 2. The van der Waals surface area contributed by atoms with Gasteiger partial charge in [0.25, 0.3) is 5.91 Å². The van der Waals surface area contributed by atoms with E-state index in [9.17, 15) is 9.59 Å². The maximum Gasteiger partial charge on any atom is 0.251 e. The summed E-state index contributed by atoms with van der Waals surface area (Å²) in [4.78, 5) is 23.6. The lowest BCUT2D eigenvalue weighted by Crippen LogP contribution is -2.37. The highest BCUT2D eigenvalue weighted by atomic mass is 16.3. The standard InChI is InChI=1S/C17H20N2O3/c1-12(11-20)19-16(21)8-9-18-17(22)15-7-6-13-4-2-3-5-14(13)10-15/h2-7,10,12,20H,8-9,11H2,1H3,(H,18,22)(H,19,21). The van der Waals surface area contributed by atoms with Gasteiger partial charge >= 0.3 is 0 Å². The molecular formula is C17H20N2O3. The second-order valence-electron chi connectivity index (χ2n) is 5.22. The van der Waals surface area contributed by atoms with Gasteiger partial charge in [-0.15, -0.1) is 0 Å². The van der Waals surface area contributed by atoms with Gasteiger partial charge in [0.05, 0.1) is 6.61 Å². The number of fused-ring (bicyclic) bond motifs is 1. The van der Waals surface area contributed by atoms with Crippen molar-refractivity contribution in [1.82, 2.24) is 10.6 Å². The van der Waals surface area contributed by atoms with E-state index in [0.29, 0.717) is 5.56 Å². The lowest BCUT2D eigenvalue weighted by Gasteiger charge is -2.11. The zero-order chi connectivity index (χ0) is 15.9. The van der Waals surface area contributed by atoms with Gasteiger partial charge in [0.2, 0.25) is 5.91 Å². The third-order valence-electron chi connectivity index (χ3n) is 3.33. The first-order chi connectivity index (χ1) is 10.6. The van der Waals surface area contributed by atoms with E-state index in [4.69, 9.17) is 5.11 Å². The van der Waals surface area contributed by atoms with Crippen molar-refractivity contribution < 1.29 is 14.7 Å². The highest BCUT2D eigenvalue weighted by molar-refractivity contribution is 5.98. The topological polar surface area (TPSA) is 78.4 Å². The smallest absolute Gasteiger partial charge is 0.251 e. The van der Waals surface area contributed by atoms with E-state index < -0.39 is 0 Å². The average molecular weight is 300 g/mol. The first kappa shape index (κ1) is 16.0. The molecule has 0 aliphatic heterocycles. The van der Waals surface area contributed by atoms with E-state index >= 15 is 0 Å². The number of aliphatic hydroxyl groups is 1. The predicted octanol–water partition coefficient (Wildman–Crippen LogP) is 1.46. The molecule has 1 atom stereocenters. The van der Waals surface area contributed by atoms with Crippen molar-refractivity contribution in [2.45, 2.75) is 19.4 Å². The second-order valence-corrected chi connectivity index (χ2v) is 5.22. The van der Waals surface area contributed by atoms with Gasteiger partial charge in [0, 0.05) is 24.6 Å². The molecule has 0 heterocycles. The van der Waals surface area contributed by atoms with Crippen molar-refractivity contribution in [1.29, 1.82) is 0 Å². The number of carbonyl (C=O) groups is 2. The van der Waals surface area contributed by atoms with Gasteiger partial charge in [-0.2, -0.15) is 0 Å². The van der Waals surface area contributed by atoms with Crippen LogP contribution in [0.1, 0.15) is 23.7 Å². The summed E-state index contributed by atoms with van der Waals surface area (Å²) in [5.41, 5.74) is 0.572. The molecule has 2 aromatic carbocycles. The number of hydrogen-bond donors (Lipinski definition) is 3. The molecule has 3 N–H and O–H groups in total. The van der Waals surface area contributed by atoms with Gasteiger partial charge in [-0.3, -0.25) is 9.59 Å². The van der Waals surface area contributed by atoms with E-state index in [2.05, 4.69) is 10.6 Å². The molecule has 5 heteroatoms. The van der Waals surface area contributed by atoms with Crippen molar-refractivity contribution in [3.63, 3.8) is 0 Å². The molecule has 2 rings (SSSR count). The second kappa shape index (κ2) is 7.56. The number of benzene rings is 2. The minimum Gasteiger partial charge on any atom is -0.394 e. The highest BCUT2D eigenvalue weighted by Crippen LogP contribution is 2.15. The Balaban J connectivity index is 1.87. The molecule has 0 bridgehead atoms. The van der Waals surface area contributed by atoms with Crippen LogP contribution < -0.4 is 10.6 Å². The van der Waals surface area contributed by atoms with Crippen molar-refractivity contribution in [3.8, 4) is 0 Å². The van der Waals surface area contributed by atoms with Crippen molar-refractivity contribution in [3.05, 3.63) is 48.0 Å². The minimum absolute atomic E-state index is 0.102. The molecule has 0 saturated carbocycles. The lowest BCUT2D eigenvalue weighted by molar-refractivity contribution is -0.121. The summed E-state index contributed by atoms with van der Waals surface area (Å²) in [5, 5.41) is 16.3. The third kappa shape index (κ3) is 4.30. The molecular weight excluding hydrogens is 280 g/mol. The Kier molecular flexibility index (Phi) is 5.49. The fourth-order valence-electron chi connectivity index (χ4n) is 2.11. The quantitative estimate of drug-likeness (QED) is 0.755. The molecule has 0 aromatic heterocycles. The summed E-state index contributed by atoms with van der Waals surface area (Å²) >= 11 is 0. The minimum atomic E-state index is -0.274. The Morgan fingerprint density at radius 3 is 2.59 bits per heavy atom. The first-order valence-electron chi connectivity index (χ1n) is 7.27. The summed E-state index contributed by atoms with van der Waals surface area (Å²) in [6, 6.07) is 13.1. The van der Waals surface area contributed by atoms with E-state index in [1.807, 2.05) is 36.4 Å².